The summed E-state index contributed by atoms with van der Waals surface area (Å²) >= 11 is 0. The van der Waals surface area contributed by atoms with Gasteiger partial charge in [0.1, 0.15) is 11.9 Å². The fourth-order valence-corrected chi connectivity index (χ4v) is 6.71. The number of alkyl halides is 3. The number of sulfonamides is 1. The molecular formula is C34H39F4N3O4S. The summed E-state index contributed by atoms with van der Waals surface area (Å²) in [4.78, 5) is 29.1. The van der Waals surface area contributed by atoms with Gasteiger partial charge in [-0.15, -0.1) is 0 Å². The predicted octanol–water partition coefficient (Wildman–Crippen LogP) is 6.48. The van der Waals surface area contributed by atoms with Crippen LogP contribution >= 0.6 is 0 Å². The lowest BCUT2D eigenvalue weighted by molar-refractivity contribution is -0.141. The Balaban J connectivity index is 1.60. The van der Waals surface area contributed by atoms with Crippen LogP contribution in [0.1, 0.15) is 61.6 Å². The third-order valence-electron chi connectivity index (χ3n) is 8.13. The number of carbonyl (C=O) groups is 2. The van der Waals surface area contributed by atoms with E-state index in [1.165, 1.54) is 29.2 Å². The Morgan fingerprint density at radius 2 is 1.61 bits per heavy atom. The van der Waals surface area contributed by atoms with Crippen molar-refractivity contribution in [1.29, 1.82) is 0 Å². The summed E-state index contributed by atoms with van der Waals surface area (Å²) in [6.07, 6.45) is 0.772. The zero-order valence-corrected chi connectivity index (χ0v) is 26.5. The molecule has 4 rings (SSSR count). The van der Waals surface area contributed by atoms with E-state index >= 15 is 0 Å². The largest absolute Gasteiger partial charge is 0.416 e. The highest BCUT2D eigenvalue weighted by molar-refractivity contribution is 7.92. The van der Waals surface area contributed by atoms with Crippen LogP contribution in [0.15, 0.2) is 78.9 Å². The molecule has 12 heteroatoms. The molecule has 0 bridgehead atoms. The van der Waals surface area contributed by atoms with E-state index in [0.717, 1.165) is 66.4 Å². The van der Waals surface area contributed by atoms with Crippen LogP contribution in [0.3, 0.4) is 0 Å². The smallest absolute Gasteiger partial charge is 0.352 e. The monoisotopic (exact) mass is 661 g/mol. The van der Waals surface area contributed by atoms with Crippen molar-refractivity contribution in [2.45, 2.75) is 76.2 Å². The van der Waals surface area contributed by atoms with E-state index in [4.69, 9.17) is 0 Å². The van der Waals surface area contributed by atoms with E-state index in [-0.39, 0.29) is 55.6 Å². The maximum atomic E-state index is 14.9. The summed E-state index contributed by atoms with van der Waals surface area (Å²) < 4.78 is 81.0. The summed E-state index contributed by atoms with van der Waals surface area (Å²) in [5.41, 5.74) is -0.174. The molecule has 0 unspecified atom stereocenters. The highest BCUT2D eigenvalue weighted by Crippen LogP contribution is 2.32. The first kappa shape index (κ1) is 34.9. The minimum absolute atomic E-state index is 0.0410. The maximum Gasteiger partial charge on any atom is 0.416 e. The summed E-state index contributed by atoms with van der Waals surface area (Å²) in [6, 6.07) is 18.1. The van der Waals surface area contributed by atoms with Gasteiger partial charge in [0.2, 0.25) is 21.8 Å². The molecule has 0 spiro atoms. The van der Waals surface area contributed by atoms with Crippen LogP contribution in [0.5, 0.6) is 0 Å². The number of halogens is 4. The lowest BCUT2D eigenvalue weighted by atomic mass is 9.94. The molecule has 3 aromatic carbocycles. The first-order chi connectivity index (χ1) is 21.8. The number of carbonyl (C=O) groups excluding carboxylic acids is 2. The molecule has 1 atom stereocenters. The molecule has 1 fully saturated rings. The Kier molecular flexibility index (Phi) is 11.8. The summed E-state index contributed by atoms with van der Waals surface area (Å²) in [6.45, 7) is -0.485. The Morgan fingerprint density at radius 3 is 2.26 bits per heavy atom. The van der Waals surface area contributed by atoms with Gasteiger partial charge in [-0.3, -0.25) is 13.9 Å². The van der Waals surface area contributed by atoms with Crippen LogP contribution in [0.2, 0.25) is 0 Å². The highest BCUT2D eigenvalue weighted by atomic mass is 32.2. The Morgan fingerprint density at radius 1 is 0.935 bits per heavy atom. The number of rotatable bonds is 13. The molecule has 0 heterocycles. The quantitative estimate of drug-likeness (QED) is 0.213. The minimum atomic E-state index is -4.67. The predicted molar refractivity (Wildman–Crippen MR) is 169 cm³/mol. The van der Waals surface area contributed by atoms with Crippen LogP contribution in [0.25, 0.3) is 0 Å². The molecule has 1 aliphatic carbocycles. The van der Waals surface area contributed by atoms with Gasteiger partial charge in [0.15, 0.2) is 0 Å². The van der Waals surface area contributed by atoms with Gasteiger partial charge < -0.3 is 10.2 Å². The van der Waals surface area contributed by atoms with Gasteiger partial charge in [-0.1, -0.05) is 73.9 Å². The Labute approximate surface area is 267 Å². The number of anilines is 1. The van der Waals surface area contributed by atoms with Crippen LogP contribution in [0.4, 0.5) is 23.2 Å². The molecule has 46 heavy (non-hydrogen) atoms. The van der Waals surface area contributed by atoms with Crippen LogP contribution in [-0.4, -0.2) is 50.0 Å². The topological polar surface area (TPSA) is 86.8 Å². The van der Waals surface area contributed by atoms with Gasteiger partial charge in [-0.25, -0.2) is 12.8 Å². The van der Waals surface area contributed by atoms with Crippen molar-refractivity contribution in [2.24, 2.45) is 0 Å². The van der Waals surface area contributed by atoms with Crippen LogP contribution < -0.4 is 9.62 Å². The van der Waals surface area contributed by atoms with Crippen molar-refractivity contribution in [3.63, 3.8) is 0 Å². The zero-order valence-electron chi connectivity index (χ0n) is 25.7. The third-order valence-corrected chi connectivity index (χ3v) is 9.33. The lowest BCUT2D eigenvalue weighted by Crippen LogP contribution is -2.53. The average molecular weight is 662 g/mol. The first-order valence-electron chi connectivity index (χ1n) is 15.3. The summed E-state index contributed by atoms with van der Waals surface area (Å²) in [7, 11) is -4.01. The highest BCUT2D eigenvalue weighted by Gasteiger charge is 2.33. The molecule has 7 nitrogen and oxygen atoms in total. The number of benzene rings is 3. The molecule has 1 N–H and O–H groups in total. The van der Waals surface area contributed by atoms with Crippen LogP contribution in [0, 0.1) is 5.82 Å². The van der Waals surface area contributed by atoms with Crippen molar-refractivity contribution in [1.82, 2.24) is 10.2 Å². The Bertz CT molecular complexity index is 1580. The van der Waals surface area contributed by atoms with E-state index in [2.05, 4.69) is 5.32 Å². The molecule has 248 valence electrons. The van der Waals surface area contributed by atoms with Gasteiger partial charge in [-0.2, -0.15) is 13.2 Å². The summed E-state index contributed by atoms with van der Waals surface area (Å²) in [5, 5.41) is 3.10. The maximum absolute atomic E-state index is 14.9. The molecule has 0 saturated heterocycles. The molecule has 0 aromatic heterocycles. The molecule has 2 amide bonds. The van der Waals surface area contributed by atoms with E-state index in [9.17, 15) is 35.6 Å². The van der Waals surface area contributed by atoms with E-state index in [1.54, 1.807) is 6.07 Å². The van der Waals surface area contributed by atoms with Gasteiger partial charge in [0.05, 0.1) is 17.5 Å². The molecular weight excluding hydrogens is 622 g/mol. The molecule has 3 aromatic rings. The van der Waals surface area contributed by atoms with Gasteiger partial charge in [0.25, 0.3) is 0 Å². The minimum Gasteiger partial charge on any atom is -0.352 e. The number of nitrogens with one attached hydrogen (secondary N) is 1. The van der Waals surface area contributed by atoms with Crippen molar-refractivity contribution in [3.05, 3.63) is 101 Å². The van der Waals surface area contributed by atoms with Crippen molar-refractivity contribution in [2.75, 3.05) is 17.1 Å². The average Bonchev–Trinajstić information content (AvgIpc) is 3.01. The number of hydrogen-bond acceptors (Lipinski definition) is 4. The standard InChI is InChI=1S/C34H39F4N3O4S/c1-46(44,45)41(29-18-10-15-27(23-29)34(36,37)38)21-11-20-32(42)40(24-26-14-8-9-19-30(26)35)31(22-25-12-4-2-5-13-25)33(43)39-28-16-6-3-7-17-28/h2,4-5,8-10,12-15,18-19,23,28,31H,3,6-7,11,16-17,20-22,24H2,1H3,(H,39,43)/t31-/m1/s1. The van der Waals surface area contributed by atoms with Crippen molar-refractivity contribution < 1.29 is 35.6 Å². The van der Waals surface area contributed by atoms with E-state index in [1.807, 2.05) is 30.3 Å². The Hall–Kier alpha value is -3.93. The second-order valence-corrected chi connectivity index (χ2v) is 13.6. The molecule has 0 radical (unpaired) electrons. The van der Waals surface area contributed by atoms with Crippen molar-refractivity contribution >= 4 is 27.5 Å². The number of hydrogen-bond donors (Lipinski definition) is 1. The van der Waals surface area contributed by atoms with Gasteiger partial charge in [-0.05, 0) is 49.1 Å². The normalized spacial score (nSPS) is 14.8. The second kappa shape index (κ2) is 15.6. The lowest BCUT2D eigenvalue weighted by Gasteiger charge is -2.34. The molecule has 1 saturated carbocycles. The van der Waals surface area contributed by atoms with Crippen molar-refractivity contribution in [3.8, 4) is 0 Å². The SMILES string of the molecule is CS(=O)(=O)N(CCCC(=O)N(Cc1ccccc1F)[C@H](Cc1ccccc1)C(=O)NC1CCCCC1)c1cccc(C(F)(F)F)c1. The third kappa shape index (κ3) is 9.78. The van der Waals surface area contributed by atoms with Gasteiger partial charge >= 0.3 is 6.18 Å². The fourth-order valence-electron chi connectivity index (χ4n) is 5.75. The molecule has 1 aliphatic rings. The summed E-state index contributed by atoms with van der Waals surface area (Å²) in [5.74, 6) is -1.41. The number of nitrogens with zero attached hydrogens (tertiary/aromatic N) is 2. The second-order valence-electron chi connectivity index (χ2n) is 11.6. The zero-order chi connectivity index (χ0) is 33.3. The number of amides is 2. The van der Waals surface area contributed by atoms with E-state index < -0.39 is 39.5 Å². The molecule has 0 aliphatic heterocycles. The van der Waals surface area contributed by atoms with E-state index in [0.29, 0.717) is 0 Å². The van der Waals surface area contributed by atoms with Gasteiger partial charge in [0, 0.05) is 37.5 Å². The fraction of sp³-hybridized carbons (Fsp3) is 0.412. The first-order valence-corrected chi connectivity index (χ1v) is 17.2. The van der Waals surface area contributed by atoms with Crippen LogP contribution in [-0.2, 0) is 38.8 Å².